The smallest absolute Gasteiger partial charge is 0.311 e. The van der Waals surface area contributed by atoms with Crippen LogP contribution in [-0.4, -0.2) is 23.0 Å². The number of benzene rings is 1. The number of hydrogen-bond acceptors (Lipinski definition) is 4. The highest BCUT2D eigenvalue weighted by Gasteiger charge is 2.08. The van der Waals surface area contributed by atoms with Gasteiger partial charge in [0.15, 0.2) is 0 Å². The first-order valence-electron chi connectivity index (χ1n) is 4.98. The Labute approximate surface area is 93.3 Å². The van der Waals surface area contributed by atoms with Gasteiger partial charge in [-0.25, -0.2) is 9.97 Å². The van der Waals surface area contributed by atoms with E-state index in [2.05, 4.69) is 14.7 Å². The van der Waals surface area contributed by atoms with Crippen LogP contribution in [0.25, 0.3) is 10.9 Å². The highest BCUT2D eigenvalue weighted by atomic mass is 16.5. The van der Waals surface area contributed by atoms with Gasteiger partial charge in [-0.2, -0.15) is 0 Å². The Kier molecular flexibility index (Phi) is 2.81. The highest BCUT2D eigenvalue weighted by molar-refractivity contribution is 5.85. The summed E-state index contributed by atoms with van der Waals surface area (Å²) in [6.07, 6.45) is 1.65. The quantitative estimate of drug-likeness (QED) is 0.716. The Hall–Kier alpha value is -1.97. The summed E-state index contributed by atoms with van der Waals surface area (Å²) in [4.78, 5) is 19.5. The van der Waals surface area contributed by atoms with E-state index in [-0.39, 0.29) is 12.4 Å². The number of aromatic nitrogens is 2. The molecule has 1 aromatic carbocycles. The van der Waals surface area contributed by atoms with Crippen LogP contribution >= 0.6 is 0 Å². The van der Waals surface area contributed by atoms with Crippen molar-refractivity contribution >= 4 is 16.9 Å². The molecule has 1 heterocycles. The number of rotatable bonds is 2. The zero-order valence-corrected chi connectivity index (χ0v) is 9.23. The SMILES string of the molecule is COC(=O)Cc1ncnc2cc(C)ccc12. The highest BCUT2D eigenvalue weighted by Crippen LogP contribution is 2.16. The van der Waals surface area contributed by atoms with E-state index in [4.69, 9.17) is 0 Å². The van der Waals surface area contributed by atoms with Crippen molar-refractivity contribution in [1.29, 1.82) is 0 Å². The van der Waals surface area contributed by atoms with Crippen molar-refractivity contribution in [1.82, 2.24) is 9.97 Å². The lowest BCUT2D eigenvalue weighted by molar-refractivity contribution is -0.139. The molecule has 0 aliphatic carbocycles. The molecule has 0 fully saturated rings. The first kappa shape index (κ1) is 10.5. The number of carbonyl (C=O) groups excluding carboxylic acids is 1. The summed E-state index contributed by atoms with van der Waals surface area (Å²) in [7, 11) is 1.37. The van der Waals surface area contributed by atoms with Crippen LogP contribution in [0.4, 0.5) is 0 Å². The standard InChI is InChI=1S/C12H12N2O2/c1-8-3-4-9-10(5-8)13-7-14-11(9)6-12(15)16-2/h3-5,7H,6H2,1-2H3. The predicted molar refractivity (Wildman–Crippen MR) is 60.0 cm³/mol. The van der Waals surface area contributed by atoms with Crippen LogP contribution in [0.5, 0.6) is 0 Å². The van der Waals surface area contributed by atoms with Gasteiger partial charge >= 0.3 is 5.97 Å². The number of hydrogen-bond donors (Lipinski definition) is 0. The Balaban J connectivity index is 2.49. The van der Waals surface area contributed by atoms with Gasteiger partial charge in [-0.05, 0) is 18.6 Å². The van der Waals surface area contributed by atoms with Gasteiger partial charge in [-0.15, -0.1) is 0 Å². The molecule has 0 amide bonds. The third-order valence-electron chi connectivity index (χ3n) is 2.41. The van der Waals surface area contributed by atoms with E-state index >= 15 is 0 Å². The van der Waals surface area contributed by atoms with Crippen LogP contribution in [0, 0.1) is 6.92 Å². The lowest BCUT2D eigenvalue weighted by atomic mass is 10.1. The van der Waals surface area contributed by atoms with Crippen molar-refractivity contribution in [2.24, 2.45) is 0 Å². The van der Waals surface area contributed by atoms with E-state index in [9.17, 15) is 4.79 Å². The molecule has 4 nitrogen and oxygen atoms in total. The van der Waals surface area contributed by atoms with E-state index in [0.29, 0.717) is 5.69 Å². The third kappa shape index (κ3) is 2.00. The Bertz CT molecular complexity index is 538. The van der Waals surface area contributed by atoms with Crippen molar-refractivity contribution in [2.75, 3.05) is 7.11 Å². The van der Waals surface area contributed by atoms with E-state index in [1.807, 2.05) is 25.1 Å². The van der Waals surface area contributed by atoms with Crippen LogP contribution in [0.3, 0.4) is 0 Å². The Morgan fingerprint density at radius 3 is 2.94 bits per heavy atom. The van der Waals surface area contributed by atoms with Crippen molar-refractivity contribution < 1.29 is 9.53 Å². The summed E-state index contributed by atoms with van der Waals surface area (Å²) in [6, 6.07) is 5.88. The molecule has 1 aromatic heterocycles. The largest absolute Gasteiger partial charge is 0.469 e. The van der Waals surface area contributed by atoms with Crippen molar-refractivity contribution in [2.45, 2.75) is 13.3 Å². The second-order valence-electron chi connectivity index (χ2n) is 3.59. The van der Waals surface area contributed by atoms with E-state index < -0.39 is 0 Å². The maximum absolute atomic E-state index is 11.2. The zero-order valence-electron chi connectivity index (χ0n) is 9.23. The molecule has 0 saturated heterocycles. The Morgan fingerprint density at radius 2 is 2.19 bits per heavy atom. The number of nitrogens with zero attached hydrogens (tertiary/aromatic N) is 2. The molecule has 2 aromatic rings. The molecule has 0 aliphatic heterocycles. The summed E-state index contributed by atoms with van der Waals surface area (Å²) in [5.74, 6) is -0.291. The van der Waals surface area contributed by atoms with Crippen LogP contribution in [-0.2, 0) is 16.0 Å². The fourth-order valence-electron chi connectivity index (χ4n) is 1.57. The van der Waals surface area contributed by atoms with Gasteiger partial charge in [0.1, 0.15) is 6.33 Å². The van der Waals surface area contributed by atoms with Gasteiger partial charge in [0.2, 0.25) is 0 Å². The average molecular weight is 216 g/mol. The van der Waals surface area contributed by atoms with Gasteiger partial charge in [-0.1, -0.05) is 12.1 Å². The molecule has 0 spiro atoms. The summed E-state index contributed by atoms with van der Waals surface area (Å²) in [5.41, 5.74) is 2.70. The number of fused-ring (bicyclic) bond motifs is 1. The number of esters is 1. The number of methoxy groups -OCH3 is 1. The number of ether oxygens (including phenoxy) is 1. The minimum absolute atomic E-state index is 0.179. The Morgan fingerprint density at radius 1 is 1.38 bits per heavy atom. The topological polar surface area (TPSA) is 52.1 Å². The van der Waals surface area contributed by atoms with Gasteiger partial charge < -0.3 is 4.74 Å². The first-order chi connectivity index (χ1) is 7.70. The molecule has 0 radical (unpaired) electrons. The molecule has 82 valence electrons. The molecule has 16 heavy (non-hydrogen) atoms. The van der Waals surface area contributed by atoms with Gasteiger partial charge in [0, 0.05) is 5.39 Å². The summed E-state index contributed by atoms with van der Waals surface area (Å²) < 4.78 is 4.63. The zero-order chi connectivity index (χ0) is 11.5. The monoisotopic (exact) mass is 216 g/mol. The molecule has 0 atom stereocenters. The normalized spacial score (nSPS) is 10.4. The fraction of sp³-hybridized carbons (Fsp3) is 0.250. The molecule has 0 aliphatic rings. The second kappa shape index (κ2) is 4.26. The second-order valence-corrected chi connectivity index (χ2v) is 3.59. The minimum atomic E-state index is -0.291. The number of carbonyl (C=O) groups is 1. The van der Waals surface area contributed by atoms with Gasteiger partial charge in [-0.3, -0.25) is 4.79 Å². The lowest BCUT2D eigenvalue weighted by Crippen LogP contribution is -2.06. The van der Waals surface area contributed by atoms with Crippen molar-refractivity contribution in [3.63, 3.8) is 0 Å². The maximum atomic E-state index is 11.2. The fourth-order valence-corrected chi connectivity index (χ4v) is 1.57. The average Bonchev–Trinajstić information content (AvgIpc) is 2.28. The minimum Gasteiger partial charge on any atom is -0.469 e. The van der Waals surface area contributed by atoms with E-state index in [1.54, 1.807) is 0 Å². The summed E-state index contributed by atoms with van der Waals surface area (Å²) >= 11 is 0. The van der Waals surface area contributed by atoms with E-state index in [1.165, 1.54) is 13.4 Å². The molecule has 4 heteroatoms. The maximum Gasteiger partial charge on any atom is 0.311 e. The molecular weight excluding hydrogens is 204 g/mol. The van der Waals surface area contributed by atoms with Crippen molar-refractivity contribution in [3.05, 3.63) is 35.8 Å². The van der Waals surface area contributed by atoms with Crippen LogP contribution in [0.15, 0.2) is 24.5 Å². The molecule has 0 bridgehead atoms. The molecule has 2 rings (SSSR count). The first-order valence-corrected chi connectivity index (χ1v) is 4.98. The van der Waals surface area contributed by atoms with Crippen LogP contribution in [0.1, 0.15) is 11.3 Å². The number of aryl methyl sites for hydroxylation is 1. The van der Waals surface area contributed by atoms with Crippen LogP contribution in [0.2, 0.25) is 0 Å². The van der Waals surface area contributed by atoms with Crippen molar-refractivity contribution in [3.8, 4) is 0 Å². The molecule has 0 N–H and O–H groups in total. The third-order valence-corrected chi connectivity index (χ3v) is 2.41. The summed E-state index contributed by atoms with van der Waals surface area (Å²) in [6.45, 7) is 2.00. The lowest BCUT2D eigenvalue weighted by Gasteiger charge is -2.04. The molecule has 0 unspecified atom stereocenters. The molecule has 0 saturated carbocycles. The van der Waals surface area contributed by atoms with E-state index in [0.717, 1.165) is 16.5 Å². The summed E-state index contributed by atoms with van der Waals surface area (Å²) in [5, 5.41) is 0.901. The molecular formula is C12H12N2O2. The van der Waals surface area contributed by atoms with Gasteiger partial charge in [0.05, 0.1) is 24.7 Å². The van der Waals surface area contributed by atoms with Crippen LogP contribution < -0.4 is 0 Å². The van der Waals surface area contributed by atoms with Gasteiger partial charge in [0.25, 0.3) is 0 Å². The predicted octanol–water partition coefficient (Wildman–Crippen LogP) is 1.65.